The fourth-order valence-electron chi connectivity index (χ4n) is 4.01. The fourth-order valence-corrected chi connectivity index (χ4v) is 5.37. The number of rotatable bonds is 5. The summed E-state index contributed by atoms with van der Waals surface area (Å²) in [5.41, 5.74) is 1.08. The highest BCUT2D eigenvalue weighted by Crippen LogP contribution is 2.40. The van der Waals surface area contributed by atoms with Crippen molar-refractivity contribution in [2.24, 2.45) is 5.41 Å². The number of sulfone groups is 1. The van der Waals surface area contributed by atoms with Crippen molar-refractivity contribution in [3.8, 4) is 0 Å². The van der Waals surface area contributed by atoms with Gasteiger partial charge >= 0.3 is 0 Å². The summed E-state index contributed by atoms with van der Waals surface area (Å²) in [5, 5.41) is 10.1. The van der Waals surface area contributed by atoms with E-state index in [1.807, 2.05) is 13.0 Å². The first-order valence-electron chi connectivity index (χ1n) is 9.88. The van der Waals surface area contributed by atoms with Crippen LogP contribution in [0.3, 0.4) is 0 Å². The lowest BCUT2D eigenvalue weighted by molar-refractivity contribution is -0.0985. The van der Waals surface area contributed by atoms with Crippen LogP contribution in [-0.2, 0) is 14.6 Å². The lowest BCUT2D eigenvalue weighted by Gasteiger charge is -2.37. The summed E-state index contributed by atoms with van der Waals surface area (Å²) in [6, 6.07) is 13.6. The molecule has 5 rings (SSSR count). The number of aromatic nitrogens is 3. The normalized spacial score (nSPS) is 17.8. The minimum Gasteiger partial charge on any atom is -0.380 e. The molecule has 2 aliphatic heterocycles. The molecule has 0 radical (unpaired) electrons. The van der Waals surface area contributed by atoms with Gasteiger partial charge in [0.25, 0.3) is 0 Å². The number of hydrogen-bond donors (Lipinski definition) is 2. The SMILES string of the molecule is Cc1cc(Nc2nc(N3CCC4(COC4)C3)ccc2S(=O)(=O)c2ccccc2)n[nH]1. The first-order valence-corrected chi connectivity index (χ1v) is 11.4. The highest BCUT2D eigenvalue weighted by molar-refractivity contribution is 7.91. The van der Waals surface area contributed by atoms with Gasteiger partial charge in [0.2, 0.25) is 9.84 Å². The molecule has 2 aliphatic rings. The third kappa shape index (κ3) is 3.33. The number of hydrogen-bond acceptors (Lipinski definition) is 7. The monoisotopic (exact) mass is 425 g/mol. The van der Waals surface area contributed by atoms with Gasteiger partial charge in [-0.3, -0.25) is 5.10 Å². The molecule has 2 aromatic heterocycles. The molecule has 0 atom stereocenters. The van der Waals surface area contributed by atoms with Crippen LogP contribution < -0.4 is 10.2 Å². The molecule has 8 nitrogen and oxygen atoms in total. The van der Waals surface area contributed by atoms with E-state index < -0.39 is 9.84 Å². The summed E-state index contributed by atoms with van der Waals surface area (Å²) in [4.78, 5) is 7.27. The van der Waals surface area contributed by atoms with Crippen molar-refractivity contribution in [3.05, 3.63) is 54.2 Å². The maximum absolute atomic E-state index is 13.3. The van der Waals surface area contributed by atoms with Crippen LogP contribution in [0.25, 0.3) is 0 Å². The summed E-state index contributed by atoms with van der Waals surface area (Å²) in [5.74, 6) is 1.54. The van der Waals surface area contributed by atoms with Gasteiger partial charge in [0.05, 0.1) is 18.1 Å². The zero-order valence-corrected chi connectivity index (χ0v) is 17.4. The van der Waals surface area contributed by atoms with Crippen LogP contribution in [0.5, 0.6) is 0 Å². The summed E-state index contributed by atoms with van der Waals surface area (Å²) in [6.07, 6.45) is 1.06. The van der Waals surface area contributed by atoms with Crippen LogP contribution in [0, 0.1) is 12.3 Å². The van der Waals surface area contributed by atoms with Gasteiger partial charge in [-0.15, -0.1) is 0 Å². The zero-order valence-electron chi connectivity index (χ0n) is 16.6. The van der Waals surface area contributed by atoms with E-state index >= 15 is 0 Å². The number of anilines is 3. The molecule has 2 saturated heterocycles. The second-order valence-electron chi connectivity index (χ2n) is 8.06. The van der Waals surface area contributed by atoms with E-state index in [1.165, 1.54) is 0 Å². The number of pyridine rings is 1. The molecular formula is C21H23N5O3S. The molecule has 0 saturated carbocycles. The van der Waals surface area contributed by atoms with Crippen LogP contribution >= 0.6 is 0 Å². The van der Waals surface area contributed by atoms with Gasteiger partial charge in [-0.2, -0.15) is 5.10 Å². The standard InChI is InChI=1S/C21H23N5O3S/c1-15-11-18(25-24-15)22-20-17(30(27,28)16-5-3-2-4-6-16)7-8-19(23-20)26-10-9-21(12-26)13-29-14-21/h2-8,11H,9-10,12-14H2,1H3,(H2,22,23,24,25). The second kappa shape index (κ2) is 7.10. The third-order valence-corrected chi connectivity index (χ3v) is 7.52. The van der Waals surface area contributed by atoms with E-state index in [4.69, 9.17) is 9.72 Å². The largest absolute Gasteiger partial charge is 0.380 e. The van der Waals surface area contributed by atoms with Crippen molar-refractivity contribution in [2.75, 3.05) is 36.5 Å². The van der Waals surface area contributed by atoms with Crippen molar-refractivity contribution in [1.29, 1.82) is 0 Å². The molecule has 4 heterocycles. The molecule has 0 unspecified atom stereocenters. The second-order valence-corrected chi connectivity index (χ2v) is 9.98. The Hall–Kier alpha value is -2.91. The van der Waals surface area contributed by atoms with Gasteiger partial charge in [-0.1, -0.05) is 18.2 Å². The highest BCUT2D eigenvalue weighted by atomic mass is 32.2. The molecular weight excluding hydrogens is 402 g/mol. The average molecular weight is 426 g/mol. The van der Waals surface area contributed by atoms with E-state index in [0.717, 1.165) is 44.2 Å². The van der Waals surface area contributed by atoms with Crippen molar-refractivity contribution < 1.29 is 13.2 Å². The molecule has 3 aromatic rings. The van der Waals surface area contributed by atoms with E-state index in [2.05, 4.69) is 20.4 Å². The van der Waals surface area contributed by atoms with E-state index in [0.29, 0.717) is 5.82 Å². The van der Waals surface area contributed by atoms with Gasteiger partial charge < -0.3 is 15.0 Å². The van der Waals surface area contributed by atoms with Gasteiger partial charge in [0, 0.05) is 30.3 Å². The Morgan fingerprint density at radius 1 is 1.17 bits per heavy atom. The van der Waals surface area contributed by atoms with Gasteiger partial charge in [0.1, 0.15) is 10.7 Å². The molecule has 1 spiro atoms. The predicted molar refractivity (Wildman–Crippen MR) is 113 cm³/mol. The molecule has 30 heavy (non-hydrogen) atoms. The van der Waals surface area contributed by atoms with Gasteiger partial charge in [0.15, 0.2) is 11.6 Å². The number of ether oxygens (including phenoxy) is 1. The number of aryl methyl sites for hydroxylation is 1. The first kappa shape index (κ1) is 19.1. The van der Waals surface area contributed by atoms with Crippen molar-refractivity contribution in [2.45, 2.75) is 23.1 Å². The Kier molecular flexibility index (Phi) is 4.52. The predicted octanol–water partition coefficient (Wildman–Crippen LogP) is 2.92. The highest BCUT2D eigenvalue weighted by Gasteiger charge is 2.44. The van der Waals surface area contributed by atoms with Crippen LogP contribution in [0.2, 0.25) is 0 Å². The van der Waals surface area contributed by atoms with Crippen molar-refractivity contribution in [3.63, 3.8) is 0 Å². The minimum atomic E-state index is -3.74. The fraction of sp³-hybridized carbons (Fsp3) is 0.333. The van der Waals surface area contributed by atoms with Crippen LogP contribution in [0.1, 0.15) is 12.1 Å². The zero-order chi connectivity index (χ0) is 20.8. The van der Waals surface area contributed by atoms with E-state index in [1.54, 1.807) is 42.5 Å². The molecule has 0 bridgehead atoms. The number of H-pyrrole nitrogens is 1. The Balaban J connectivity index is 1.54. The molecule has 156 valence electrons. The summed E-state index contributed by atoms with van der Waals surface area (Å²) < 4.78 is 32.0. The Bertz CT molecular complexity index is 1170. The Labute approximate surface area is 175 Å². The third-order valence-electron chi connectivity index (χ3n) is 5.72. The smallest absolute Gasteiger partial charge is 0.210 e. The first-order chi connectivity index (χ1) is 14.5. The Morgan fingerprint density at radius 2 is 1.97 bits per heavy atom. The summed E-state index contributed by atoms with van der Waals surface area (Å²) in [6.45, 7) is 5.19. The summed E-state index contributed by atoms with van der Waals surface area (Å²) >= 11 is 0. The lowest BCUT2D eigenvalue weighted by atomic mass is 9.85. The molecule has 2 fully saturated rings. The van der Waals surface area contributed by atoms with Gasteiger partial charge in [-0.05, 0) is 37.6 Å². The maximum Gasteiger partial charge on any atom is 0.210 e. The number of nitrogens with zero attached hydrogens (tertiary/aromatic N) is 3. The van der Waals surface area contributed by atoms with E-state index in [-0.39, 0.29) is 21.0 Å². The Morgan fingerprint density at radius 3 is 2.60 bits per heavy atom. The quantitative estimate of drug-likeness (QED) is 0.648. The number of nitrogens with one attached hydrogen (secondary N) is 2. The lowest BCUT2D eigenvalue weighted by Crippen LogP contribution is -2.44. The molecule has 9 heteroatoms. The van der Waals surface area contributed by atoms with Gasteiger partial charge in [-0.25, -0.2) is 13.4 Å². The van der Waals surface area contributed by atoms with Crippen LogP contribution in [0.15, 0.2) is 58.3 Å². The van der Waals surface area contributed by atoms with Crippen molar-refractivity contribution >= 4 is 27.3 Å². The molecule has 1 aromatic carbocycles. The van der Waals surface area contributed by atoms with Crippen molar-refractivity contribution in [1.82, 2.24) is 15.2 Å². The molecule has 0 amide bonds. The topological polar surface area (TPSA) is 100 Å². The minimum absolute atomic E-state index is 0.124. The number of aromatic amines is 1. The van der Waals surface area contributed by atoms with E-state index in [9.17, 15) is 8.42 Å². The average Bonchev–Trinajstić information content (AvgIpc) is 3.35. The molecule has 2 N–H and O–H groups in total. The molecule has 0 aliphatic carbocycles. The number of benzene rings is 1. The van der Waals surface area contributed by atoms with Crippen LogP contribution in [-0.4, -0.2) is 49.9 Å². The van der Waals surface area contributed by atoms with Crippen LogP contribution in [0.4, 0.5) is 17.5 Å². The maximum atomic E-state index is 13.3. The summed E-state index contributed by atoms with van der Waals surface area (Å²) in [7, 11) is -3.74.